The van der Waals surface area contributed by atoms with Crippen LogP contribution in [-0.2, 0) is 6.54 Å². The van der Waals surface area contributed by atoms with Crippen LogP contribution in [0.1, 0.15) is 43.9 Å². The quantitative estimate of drug-likeness (QED) is 0.757. The molecule has 2 nitrogen and oxygen atoms in total. The third-order valence-electron chi connectivity index (χ3n) is 3.58. The number of hydrogen-bond acceptors (Lipinski definition) is 2. The number of nitrogens with one attached hydrogen (secondary N) is 1. The van der Waals surface area contributed by atoms with Crippen LogP contribution >= 0.6 is 0 Å². The Labute approximate surface area is 128 Å². The van der Waals surface area contributed by atoms with Crippen LogP contribution in [0.5, 0.6) is 5.75 Å². The van der Waals surface area contributed by atoms with Gasteiger partial charge in [-0.2, -0.15) is 0 Å². The molecule has 0 aliphatic rings. The van der Waals surface area contributed by atoms with E-state index in [-0.39, 0.29) is 0 Å². The fourth-order valence-corrected chi connectivity index (χ4v) is 2.42. The monoisotopic (exact) mass is 283 g/mol. The molecule has 0 fully saturated rings. The lowest BCUT2D eigenvalue weighted by Gasteiger charge is -2.19. The van der Waals surface area contributed by atoms with Crippen molar-refractivity contribution in [1.29, 1.82) is 0 Å². The molecule has 0 aromatic heterocycles. The van der Waals surface area contributed by atoms with Gasteiger partial charge in [0.05, 0.1) is 6.61 Å². The molecule has 2 aromatic carbocycles. The van der Waals surface area contributed by atoms with Gasteiger partial charge in [-0.3, -0.25) is 0 Å². The zero-order valence-electron chi connectivity index (χ0n) is 13.0. The van der Waals surface area contributed by atoms with E-state index in [4.69, 9.17) is 4.74 Å². The average Bonchev–Trinajstić information content (AvgIpc) is 2.55. The molecule has 0 saturated heterocycles. The summed E-state index contributed by atoms with van der Waals surface area (Å²) in [6.07, 6.45) is 2.10. The Morgan fingerprint density at radius 2 is 1.67 bits per heavy atom. The molecule has 2 heteroatoms. The fraction of sp³-hybridized carbons (Fsp3) is 0.368. The summed E-state index contributed by atoms with van der Waals surface area (Å²) in [7, 11) is 0. The highest BCUT2D eigenvalue weighted by molar-refractivity contribution is 5.33. The number of ether oxygens (including phenoxy) is 1. The van der Waals surface area contributed by atoms with Crippen LogP contribution in [0, 0.1) is 0 Å². The van der Waals surface area contributed by atoms with Gasteiger partial charge in [0.25, 0.3) is 0 Å². The molecule has 0 amide bonds. The SMILES string of the molecule is CCCOc1ccccc1CNC(CC)c1ccccc1. The van der Waals surface area contributed by atoms with Crippen molar-refractivity contribution in [1.82, 2.24) is 5.32 Å². The Kier molecular flexibility index (Phi) is 6.29. The van der Waals surface area contributed by atoms with Crippen LogP contribution in [0.2, 0.25) is 0 Å². The minimum atomic E-state index is 0.380. The van der Waals surface area contributed by atoms with E-state index in [2.05, 4.69) is 67.7 Å². The maximum atomic E-state index is 5.82. The molecule has 1 atom stereocenters. The summed E-state index contributed by atoms with van der Waals surface area (Å²) in [5.41, 5.74) is 2.56. The Morgan fingerprint density at radius 1 is 0.952 bits per heavy atom. The molecule has 0 radical (unpaired) electrons. The maximum Gasteiger partial charge on any atom is 0.123 e. The Bertz CT molecular complexity index is 524. The van der Waals surface area contributed by atoms with Gasteiger partial charge in [0, 0.05) is 18.2 Å². The highest BCUT2D eigenvalue weighted by atomic mass is 16.5. The maximum absolute atomic E-state index is 5.82. The van der Waals surface area contributed by atoms with E-state index < -0.39 is 0 Å². The molecule has 2 rings (SSSR count). The minimum absolute atomic E-state index is 0.380. The standard InChI is InChI=1S/C19H25NO/c1-3-14-21-19-13-9-8-12-17(19)15-20-18(4-2)16-10-6-5-7-11-16/h5-13,18,20H,3-4,14-15H2,1-2H3. The van der Waals surface area contributed by atoms with E-state index in [9.17, 15) is 0 Å². The minimum Gasteiger partial charge on any atom is -0.493 e. The number of benzene rings is 2. The molecule has 2 aromatic rings. The predicted molar refractivity (Wildman–Crippen MR) is 88.5 cm³/mol. The van der Waals surface area contributed by atoms with Crippen molar-refractivity contribution in [3.05, 3.63) is 65.7 Å². The van der Waals surface area contributed by atoms with Crippen molar-refractivity contribution in [2.24, 2.45) is 0 Å². The number of rotatable bonds is 8. The van der Waals surface area contributed by atoms with Crippen molar-refractivity contribution in [2.45, 2.75) is 39.3 Å². The Hall–Kier alpha value is -1.80. The normalized spacial score (nSPS) is 12.1. The Balaban J connectivity index is 2.01. The molecule has 0 aliphatic heterocycles. The smallest absolute Gasteiger partial charge is 0.123 e. The predicted octanol–water partition coefficient (Wildman–Crippen LogP) is 4.72. The summed E-state index contributed by atoms with van der Waals surface area (Å²) in [6, 6.07) is 19.3. The summed E-state index contributed by atoms with van der Waals surface area (Å²) in [5, 5.41) is 3.64. The van der Waals surface area contributed by atoms with Gasteiger partial charge >= 0.3 is 0 Å². The summed E-state index contributed by atoms with van der Waals surface area (Å²) in [5.74, 6) is 0.995. The molecular formula is C19H25NO. The molecule has 21 heavy (non-hydrogen) atoms. The van der Waals surface area contributed by atoms with Crippen molar-refractivity contribution in [3.63, 3.8) is 0 Å². The molecule has 0 spiro atoms. The van der Waals surface area contributed by atoms with Gasteiger partial charge in [-0.15, -0.1) is 0 Å². The molecule has 112 valence electrons. The number of hydrogen-bond donors (Lipinski definition) is 1. The molecule has 0 aliphatic carbocycles. The van der Waals surface area contributed by atoms with Crippen LogP contribution in [-0.4, -0.2) is 6.61 Å². The lowest BCUT2D eigenvalue weighted by molar-refractivity contribution is 0.312. The second kappa shape index (κ2) is 8.48. The molecule has 0 heterocycles. The largest absolute Gasteiger partial charge is 0.493 e. The van der Waals surface area contributed by atoms with Gasteiger partial charge in [0.15, 0.2) is 0 Å². The Morgan fingerprint density at radius 3 is 2.38 bits per heavy atom. The topological polar surface area (TPSA) is 21.3 Å². The van der Waals surface area contributed by atoms with Gasteiger partial charge in [-0.1, -0.05) is 62.4 Å². The van der Waals surface area contributed by atoms with Crippen LogP contribution in [0.15, 0.2) is 54.6 Å². The molecule has 1 N–H and O–H groups in total. The van der Waals surface area contributed by atoms with Crippen molar-refractivity contribution >= 4 is 0 Å². The van der Waals surface area contributed by atoms with Crippen LogP contribution < -0.4 is 10.1 Å². The first kappa shape index (κ1) is 15.6. The van der Waals surface area contributed by atoms with Gasteiger partial charge < -0.3 is 10.1 Å². The van der Waals surface area contributed by atoms with Gasteiger partial charge in [-0.05, 0) is 24.5 Å². The lowest BCUT2D eigenvalue weighted by atomic mass is 10.0. The third-order valence-corrected chi connectivity index (χ3v) is 3.58. The van der Waals surface area contributed by atoms with E-state index >= 15 is 0 Å². The molecular weight excluding hydrogens is 258 g/mol. The van der Waals surface area contributed by atoms with Crippen molar-refractivity contribution in [2.75, 3.05) is 6.61 Å². The average molecular weight is 283 g/mol. The summed E-state index contributed by atoms with van der Waals surface area (Å²) >= 11 is 0. The van der Waals surface area contributed by atoms with E-state index in [1.165, 1.54) is 11.1 Å². The van der Waals surface area contributed by atoms with Crippen LogP contribution in [0.3, 0.4) is 0 Å². The zero-order valence-corrected chi connectivity index (χ0v) is 13.0. The van der Waals surface area contributed by atoms with Crippen LogP contribution in [0.4, 0.5) is 0 Å². The van der Waals surface area contributed by atoms with E-state index in [0.29, 0.717) is 6.04 Å². The van der Waals surface area contributed by atoms with Crippen molar-refractivity contribution in [3.8, 4) is 5.75 Å². The van der Waals surface area contributed by atoms with E-state index in [1.54, 1.807) is 0 Å². The number of para-hydroxylation sites is 1. The first-order valence-electron chi connectivity index (χ1n) is 7.84. The lowest BCUT2D eigenvalue weighted by Crippen LogP contribution is -2.20. The van der Waals surface area contributed by atoms with Crippen molar-refractivity contribution < 1.29 is 4.74 Å². The second-order valence-electron chi connectivity index (χ2n) is 5.21. The molecule has 1 unspecified atom stereocenters. The van der Waals surface area contributed by atoms with Gasteiger partial charge in [0.2, 0.25) is 0 Å². The third kappa shape index (κ3) is 4.61. The van der Waals surface area contributed by atoms with E-state index in [0.717, 1.165) is 31.7 Å². The van der Waals surface area contributed by atoms with E-state index in [1.807, 2.05) is 6.07 Å². The summed E-state index contributed by atoms with van der Waals surface area (Å²) in [6.45, 7) is 5.94. The summed E-state index contributed by atoms with van der Waals surface area (Å²) < 4.78 is 5.82. The fourth-order valence-electron chi connectivity index (χ4n) is 2.42. The molecule has 0 bridgehead atoms. The summed E-state index contributed by atoms with van der Waals surface area (Å²) in [4.78, 5) is 0. The van der Waals surface area contributed by atoms with Crippen LogP contribution in [0.25, 0.3) is 0 Å². The first-order chi connectivity index (χ1) is 10.3. The van der Waals surface area contributed by atoms with Gasteiger partial charge in [0.1, 0.15) is 5.75 Å². The van der Waals surface area contributed by atoms with Gasteiger partial charge in [-0.25, -0.2) is 0 Å². The first-order valence-corrected chi connectivity index (χ1v) is 7.84. The zero-order chi connectivity index (χ0) is 14.9. The highest BCUT2D eigenvalue weighted by Gasteiger charge is 2.09. The highest BCUT2D eigenvalue weighted by Crippen LogP contribution is 2.21. The molecule has 0 saturated carbocycles. The second-order valence-corrected chi connectivity index (χ2v) is 5.21.